The van der Waals surface area contributed by atoms with Crippen molar-refractivity contribution in [2.45, 2.75) is 24.0 Å². The van der Waals surface area contributed by atoms with Crippen LogP contribution in [-0.2, 0) is 0 Å². The Hall–Kier alpha value is -1.30. The molecular formula is C11H15N3O2S. The highest BCUT2D eigenvalue weighted by atomic mass is 32.2. The average Bonchev–Trinajstić information content (AvgIpc) is 2.28. The molecule has 1 saturated carbocycles. The second-order valence-corrected chi connectivity index (χ2v) is 5.44. The highest BCUT2D eigenvalue weighted by Crippen LogP contribution is 2.42. The Balaban J connectivity index is 1.99. The van der Waals surface area contributed by atoms with Gasteiger partial charge in [-0.1, -0.05) is 6.42 Å². The van der Waals surface area contributed by atoms with E-state index in [-0.39, 0.29) is 10.4 Å². The van der Waals surface area contributed by atoms with E-state index in [0.29, 0.717) is 5.95 Å². The monoisotopic (exact) mass is 253 g/mol. The molecule has 1 heterocycles. The van der Waals surface area contributed by atoms with Crippen LogP contribution in [0.25, 0.3) is 0 Å². The number of nitrogens with zero attached hydrogens (tertiary/aromatic N) is 2. The summed E-state index contributed by atoms with van der Waals surface area (Å²) in [6.45, 7) is 0.789. The fraction of sp³-hybridized carbons (Fsp3) is 0.545. The smallest absolute Gasteiger partial charge is 0.354 e. The molecule has 1 aromatic heterocycles. The lowest BCUT2D eigenvalue weighted by molar-refractivity contribution is 0.0690. The standard InChI is InChI=1S/C11H15N3O2S/c1-17-11(4-2-5-11)7-13-10-12-6-3-8(14-10)9(15)16/h3,6H,2,4-5,7H2,1H3,(H,15,16)(H,12,13,14). The first-order valence-electron chi connectivity index (χ1n) is 5.51. The van der Waals surface area contributed by atoms with Gasteiger partial charge in [0.05, 0.1) is 0 Å². The van der Waals surface area contributed by atoms with Crippen LogP contribution in [0.4, 0.5) is 5.95 Å². The molecule has 0 aromatic carbocycles. The first-order valence-corrected chi connectivity index (χ1v) is 6.73. The Morgan fingerprint density at radius 1 is 1.65 bits per heavy atom. The van der Waals surface area contributed by atoms with Gasteiger partial charge in [0.15, 0.2) is 5.69 Å². The number of aromatic nitrogens is 2. The summed E-state index contributed by atoms with van der Waals surface area (Å²) in [7, 11) is 0. The molecule has 0 bridgehead atoms. The van der Waals surface area contributed by atoms with Crippen molar-refractivity contribution in [1.29, 1.82) is 0 Å². The van der Waals surface area contributed by atoms with E-state index >= 15 is 0 Å². The van der Waals surface area contributed by atoms with Crippen molar-refractivity contribution in [3.63, 3.8) is 0 Å². The van der Waals surface area contributed by atoms with Crippen LogP contribution in [0.5, 0.6) is 0 Å². The highest BCUT2D eigenvalue weighted by molar-refractivity contribution is 8.00. The van der Waals surface area contributed by atoms with E-state index in [2.05, 4.69) is 21.5 Å². The van der Waals surface area contributed by atoms with Crippen molar-refractivity contribution in [3.05, 3.63) is 18.0 Å². The molecule has 0 atom stereocenters. The lowest BCUT2D eigenvalue weighted by Crippen LogP contribution is -2.40. The van der Waals surface area contributed by atoms with Crippen LogP contribution in [0.3, 0.4) is 0 Å². The summed E-state index contributed by atoms with van der Waals surface area (Å²) < 4.78 is 0.280. The van der Waals surface area contributed by atoms with E-state index < -0.39 is 5.97 Å². The zero-order valence-electron chi connectivity index (χ0n) is 9.64. The first kappa shape index (κ1) is 12.2. The van der Waals surface area contributed by atoms with Crippen molar-refractivity contribution < 1.29 is 9.90 Å². The van der Waals surface area contributed by atoms with E-state index in [4.69, 9.17) is 5.11 Å². The maximum atomic E-state index is 10.8. The topological polar surface area (TPSA) is 75.1 Å². The maximum absolute atomic E-state index is 10.8. The van der Waals surface area contributed by atoms with Gasteiger partial charge in [0.2, 0.25) is 5.95 Å². The minimum Gasteiger partial charge on any atom is -0.477 e. The van der Waals surface area contributed by atoms with Gasteiger partial charge in [-0.2, -0.15) is 11.8 Å². The van der Waals surface area contributed by atoms with Crippen molar-refractivity contribution in [1.82, 2.24) is 9.97 Å². The summed E-state index contributed by atoms with van der Waals surface area (Å²) in [5.41, 5.74) is 0.0225. The Kier molecular flexibility index (Phi) is 3.51. The van der Waals surface area contributed by atoms with E-state index in [1.165, 1.54) is 31.5 Å². The number of thioether (sulfide) groups is 1. The van der Waals surface area contributed by atoms with Crippen LogP contribution >= 0.6 is 11.8 Å². The number of anilines is 1. The molecule has 0 radical (unpaired) electrons. The number of hydrogen-bond donors (Lipinski definition) is 2. The molecule has 5 nitrogen and oxygen atoms in total. The maximum Gasteiger partial charge on any atom is 0.354 e. The van der Waals surface area contributed by atoms with Gasteiger partial charge in [0.25, 0.3) is 0 Å². The number of carboxylic acid groups (broad SMARTS) is 1. The van der Waals surface area contributed by atoms with Crippen LogP contribution in [-0.4, -0.2) is 38.6 Å². The van der Waals surface area contributed by atoms with Crippen molar-refractivity contribution >= 4 is 23.7 Å². The molecule has 1 aliphatic carbocycles. The summed E-state index contributed by atoms with van der Waals surface area (Å²) in [5, 5.41) is 11.9. The second-order valence-electron chi connectivity index (χ2n) is 4.16. The minimum absolute atomic E-state index is 0.0225. The van der Waals surface area contributed by atoms with Gasteiger partial charge in [0, 0.05) is 17.5 Å². The number of carboxylic acids is 1. The quantitative estimate of drug-likeness (QED) is 0.834. The molecule has 6 heteroatoms. The largest absolute Gasteiger partial charge is 0.477 e. The van der Waals surface area contributed by atoms with Crippen LogP contribution in [0.1, 0.15) is 29.8 Å². The summed E-state index contributed by atoms with van der Waals surface area (Å²) in [5.74, 6) is -0.635. The fourth-order valence-electron chi connectivity index (χ4n) is 1.83. The van der Waals surface area contributed by atoms with Gasteiger partial charge in [-0.25, -0.2) is 14.8 Å². The molecule has 1 aliphatic rings. The van der Waals surface area contributed by atoms with Gasteiger partial charge >= 0.3 is 5.97 Å². The predicted molar refractivity (Wildman–Crippen MR) is 67.6 cm³/mol. The zero-order valence-corrected chi connectivity index (χ0v) is 10.5. The molecule has 0 amide bonds. The lowest BCUT2D eigenvalue weighted by atomic mass is 9.84. The van der Waals surface area contributed by atoms with Gasteiger partial charge < -0.3 is 10.4 Å². The Morgan fingerprint density at radius 2 is 2.41 bits per heavy atom. The van der Waals surface area contributed by atoms with Gasteiger partial charge in [0.1, 0.15) is 0 Å². The summed E-state index contributed by atoms with van der Waals surface area (Å²) in [6, 6.07) is 1.39. The third-order valence-electron chi connectivity index (χ3n) is 3.14. The minimum atomic E-state index is -1.03. The molecule has 0 unspecified atom stereocenters. The molecule has 0 aliphatic heterocycles. The van der Waals surface area contributed by atoms with Gasteiger partial charge in [-0.3, -0.25) is 0 Å². The van der Waals surface area contributed by atoms with E-state index in [1.807, 2.05) is 11.8 Å². The molecule has 1 fully saturated rings. The molecule has 1 aromatic rings. The van der Waals surface area contributed by atoms with Crippen LogP contribution in [0.15, 0.2) is 12.3 Å². The number of rotatable bonds is 5. The first-order chi connectivity index (χ1) is 8.15. The molecule has 2 rings (SSSR count). The third-order valence-corrected chi connectivity index (χ3v) is 4.56. The predicted octanol–water partition coefficient (Wildman–Crippen LogP) is 1.87. The SMILES string of the molecule is CSC1(CNc2nccc(C(=O)O)n2)CCC1. The Morgan fingerprint density at radius 3 is 2.94 bits per heavy atom. The van der Waals surface area contributed by atoms with Crippen LogP contribution in [0, 0.1) is 0 Å². The highest BCUT2D eigenvalue weighted by Gasteiger charge is 2.35. The lowest BCUT2D eigenvalue weighted by Gasteiger charge is -2.40. The second kappa shape index (κ2) is 4.91. The van der Waals surface area contributed by atoms with Crippen LogP contribution < -0.4 is 5.32 Å². The molecule has 17 heavy (non-hydrogen) atoms. The molecular weight excluding hydrogens is 238 g/mol. The third kappa shape index (κ3) is 2.69. The van der Waals surface area contributed by atoms with Crippen molar-refractivity contribution in [3.8, 4) is 0 Å². The normalized spacial score (nSPS) is 17.2. The van der Waals surface area contributed by atoms with E-state index in [1.54, 1.807) is 0 Å². The van der Waals surface area contributed by atoms with Gasteiger partial charge in [-0.05, 0) is 25.2 Å². The van der Waals surface area contributed by atoms with Gasteiger partial charge in [-0.15, -0.1) is 0 Å². The number of carbonyl (C=O) groups is 1. The summed E-state index contributed by atoms with van der Waals surface area (Å²) in [6.07, 6.45) is 7.22. The van der Waals surface area contributed by atoms with E-state index in [0.717, 1.165) is 6.54 Å². The fourth-order valence-corrected chi connectivity index (χ4v) is 2.74. The Labute approximate surface area is 104 Å². The molecule has 0 spiro atoms. The van der Waals surface area contributed by atoms with E-state index in [9.17, 15) is 4.79 Å². The number of hydrogen-bond acceptors (Lipinski definition) is 5. The van der Waals surface area contributed by atoms with Crippen LogP contribution in [0.2, 0.25) is 0 Å². The molecule has 0 saturated heterocycles. The number of aromatic carboxylic acids is 1. The zero-order chi connectivity index (χ0) is 12.3. The Bertz CT molecular complexity index is 415. The molecule has 2 N–H and O–H groups in total. The van der Waals surface area contributed by atoms with Crippen molar-refractivity contribution in [2.24, 2.45) is 0 Å². The molecule has 92 valence electrons. The number of nitrogens with one attached hydrogen (secondary N) is 1. The summed E-state index contributed by atoms with van der Waals surface area (Å²) >= 11 is 1.85. The average molecular weight is 253 g/mol. The summed E-state index contributed by atoms with van der Waals surface area (Å²) in [4.78, 5) is 18.7. The van der Waals surface area contributed by atoms with Crippen molar-refractivity contribution in [2.75, 3.05) is 18.1 Å².